The van der Waals surface area contributed by atoms with Gasteiger partial charge in [-0.05, 0) is 18.6 Å². The largest absolute Gasteiger partial charge is 0.497 e. The SMILES string of the molecule is CCCCN(C)c1nc(Nc2cc(OC)ccc2OC)cc(-c2ccccc2)n1. The highest BCUT2D eigenvalue weighted by atomic mass is 16.5. The molecule has 0 aliphatic carbocycles. The maximum Gasteiger partial charge on any atom is 0.227 e. The highest BCUT2D eigenvalue weighted by molar-refractivity contribution is 5.71. The second-order valence-corrected chi connectivity index (χ2v) is 6.77. The summed E-state index contributed by atoms with van der Waals surface area (Å²) in [5.41, 5.74) is 2.69. The number of hydrogen-bond donors (Lipinski definition) is 1. The first-order chi connectivity index (χ1) is 14.1. The molecule has 6 nitrogen and oxygen atoms in total. The Hall–Kier alpha value is -3.28. The minimum atomic E-state index is 0.684. The van der Waals surface area contributed by atoms with Crippen molar-refractivity contribution in [2.75, 3.05) is 38.0 Å². The number of nitrogens with one attached hydrogen (secondary N) is 1. The van der Waals surface area contributed by atoms with Crippen molar-refractivity contribution in [2.24, 2.45) is 0 Å². The fourth-order valence-electron chi connectivity index (χ4n) is 2.97. The molecule has 0 atom stereocenters. The Balaban J connectivity index is 2.01. The van der Waals surface area contributed by atoms with Crippen LogP contribution in [0.4, 0.5) is 17.5 Å². The van der Waals surface area contributed by atoms with Crippen molar-refractivity contribution in [3.63, 3.8) is 0 Å². The zero-order valence-electron chi connectivity index (χ0n) is 17.5. The van der Waals surface area contributed by atoms with Gasteiger partial charge in [0.05, 0.1) is 25.6 Å². The van der Waals surface area contributed by atoms with Crippen LogP contribution in [0.3, 0.4) is 0 Å². The predicted octanol–water partition coefficient (Wildman–Crippen LogP) is 5.14. The maximum absolute atomic E-state index is 5.49. The van der Waals surface area contributed by atoms with Crippen LogP contribution in [0, 0.1) is 0 Å². The van der Waals surface area contributed by atoms with Gasteiger partial charge in [0.2, 0.25) is 5.95 Å². The van der Waals surface area contributed by atoms with E-state index in [1.165, 1.54) is 0 Å². The van der Waals surface area contributed by atoms with Gasteiger partial charge in [0.15, 0.2) is 0 Å². The summed E-state index contributed by atoms with van der Waals surface area (Å²) in [6, 6.07) is 17.7. The molecular weight excluding hydrogens is 364 g/mol. The van der Waals surface area contributed by atoms with Gasteiger partial charge in [-0.2, -0.15) is 4.98 Å². The molecule has 0 spiro atoms. The molecule has 152 valence electrons. The summed E-state index contributed by atoms with van der Waals surface area (Å²) < 4.78 is 10.8. The summed E-state index contributed by atoms with van der Waals surface area (Å²) in [5.74, 6) is 2.84. The Morgan fingerprint density at radius 3 is 2.45 bits per heavy atom. The normalized spacial score (nSPS) is 10.5. The molecule has 0 unspecified atom stereocenters. The van der Waals surface area contributed by atoms with E-state index in [9.17, 15) is 0 Å². The lowest BCUT2D eigenvalue weighted by molar-refractivity contribution is 0.405. The van der Waals surface area contributed by atoms with Crippen molar-refractivity contribution in [3.8, 4) is 22.8 Å². The quantitative estimate of drug-likeness (QED) is 0.544. The van der Waals surface area contributed by atoms with E-state index in [-0.39, 0.29) is 0 Å². The lowest BCUT2D eigenvalue weighted by atomic mass is 10.1. The zero-order valence-corrected chi connectivity index (χ0v) is 17.5. The fraction of sp³-hybridized carbons (Fsp3) is 0.304. The molecule has 0 aliphatic rings. The van der Waals surface area contributed by atoms with Crippen LogP contribution in [0.5, 0.6) is 11.5 Å². The Kier molecular flexibility index (Phi) is 6.89. The van der Waals surface area contributed by atoms with Crippen LogP contribution in [0.25, 0.3) is 11.3 Å². The number of unbranched alkanes of at least 4 members (excludes halogenated alkanes) is 1. The molecule has 0 saturated heterocycles. The monoisotopic (exact) mass is 392 g/mol. The van der Waals surface area contributed by atoms with E-state index in [1.807, 2.05) is 61.6 Å². The molecule has 29 heavy (non-hydrogen) atoms. The Bertz CT molecular complexity index is 931. The van der Waals surface area contributed by atoms with Crippen LogP contribution in [-0.2, 0) is 0 Å². The summed E-state index contributed by atoms with van der Waals surface area (Å²) in [6.45, 7) is 3.08. The van der Waals surface area contributed by atoms with E-state index in [0.29, 0.717) is 17.5 Å². The standard InChI is InChI=1S/C23H28N4O2/c1-5-6-14-27(2)23-25-19(17-10-8-7-9-11-17)16-22(26-23)24-20-15-18(28-3)12-13-21(20)29-4/h7-13,15-16H,5-6,14H2,1-4H3,(H,24,25,26). The third-order valence-corrected chi connectivity index (χ3v) is 4.64. The van der Waals surface area contributed by atoms with Crippen LogP contribution >= 0.6 is 0 Å². The Morgan fingerprint density at radius 1 is 0.966 bits per heavy atom. The molecule has 2 aromatic carbocycles. The van der Waals surface area contributed by atoms with Gasteiger partial charge in [0, 0.05) is 31.3 Å². The van der Waals surface area contributed by atoms with Crippen molar-refractivity contribution in [2.45, 2.75) is 19.8 Å². The molecule has 0 radical (unpaired) electrons. The van der Waals surface area contributed by atoms with E-state index in [1.54, 1.807) is 14.2 Å². The molecule has 1 N–H and O–H groups in total. The summed E-state index contributed by atoms with van der Waals surface area (Å²) in [7, 11) is 5.31. The average Bonchev–Trinajstić information content (AvgIpc) is 2.77. The van der Waals surface area contributed by atoms with Gasteiger partial charge in [-0.15, -0.1) is 0 Å². The number of methoxy groups -OCH3 is 2. The molecule has 1 heterocycles. The van der Waals surface area contributed by atoms with Gasteiger partial charge in [-0.25, -0.2) is 4.98 Å². The molecule has 3 aromatic rings. The molecule has 0 saturated carbocycles. The minimum Gasteiger partial charge on any atom is -0.497 e. The number of rotatable bonds is 9. The van der Waals surface area contributed by atoms with Gasteiger partial charge in [0.25, 0.3) is 0 Å². The third-order valence-electron chi connectivity index (χ3n) is 4.64. The molecule has 0 fully saturated rings. The Morgan fingerprint density at radius 2 is 1.76 bits per heavy atom. The number of hydrogen-bond acceptors (Lipinski definition) is 6. The first-order valence-electron chi connectivity index (χ1n) is 9.79. The number of nitrogens with zero attached hydrogens (tertiary/aromatic N) is 3. The summed E-state index contributed by atoms with van der Waals surface area (Å²) in [6.07, 6.45) is 2.21. The van der Waals surface area contributed by atoms with Gasteiger partial charge in [-0.1, -0.05) is 43.7 Å². The smallest absolute Gasteiger partial charge is 0.227 e. The molecule has 1 aromatic heterocycles. The van der Waals surface area contributed by atoms with Crippen LogP contribution in [-0.4, -0.2) is 37.8 Å². The maximum atomic E-state index is 5.49. The predicted molar refractivity (Wildman–Crippen MR) is 118 cm³/mol. The zero-order chi connectivity index (χ0) is 20.6. The Labute approximate surface area is 172 Å². The first kappa shape index (κ1) is 20.5. The van der Waals surface area contributed by atoms with Crippen molar-refractivity contribution in [1.29, 1.82) is 0 Å². The van der Waals surface area contributed by atoms with Crippen LogP contribution in [0.15, 0.2) is 54.6 Å². The minimum absolute atomic E-state index is 0.684. The number of ether oxygens (including phenoxy) is 2. The molecule has 6 heteroatoms. The third kappa shape index (κ3) is 5.16. The molecule has 0 bridgehead atoms. The van der Waals surface area contributed by atoms with Crippen molar-refractivity contribution in [3.05, 3.63) is 54.6 Å². The van der Waals surface area contributed by atoms with Gasteiger partial charge in [-0.3, -0.25) is 0 Å². The van der Waals surface area contributed by atoms with Crippen molar-refractivity contribution < 1.29 is 9.47 Å². The lowest BCUT2D eigenvalue weighted by Gasteiger charge is -2.19. The van der Waals surface area contributed by atoms with E-state index in [0.717, 1.165) is 42.1 Å². The lowest BCUT2D eigenvalue weighted by Crippen LogP contribution is -2.21. The van der Waals surface area contributed by atoms with E-state index in [2.05, 4.69) is 17.1 Å². The van der Waals surface area contributed by atoms with Crippen molar-refractivity contribution >= 4 is 17.5 Å². The van der Waals surface area contributed by atoms with Gasteiger partial charge >= 0.3 is 0 Å². The molecule has 0 amide bonds. The van der Waals surface area contributed by atoms with E-state index in [4.69, 9.17) is 19.4 Å². The average molecular weight is 393 g/mol. The molecule has 0 aliphatic heterocycles. The highest BCUT2D eigenvalue weighted by Crippen LogP contribution is 2.32. The van der Waals surface area contributed by atoms with E-state index >= 15 is 0 Å². The summed E-state index contributed by atoms with van der Waals surface area (Å²) >= 11 is 0. The second kappa shape index (κ2) is 9.78. The van der Waals surface area contributed by atoms with Crippen LogP contribution < -0.4 is 19.7 Å². The summed E-state index contributed by atoms with van der Waals surface area (Å²) in [5, 5.41) is 3.38. The number of benzene rings is 2. The first-order valence-corrected chi connectivity index (χ1v) is 9.79. The van der Waals surface area contributed by atoms with Gasteiger partial charge in [0.1, 0.15) is 17.3 Å². The molecule has 3 rings (SSSR count). The van der Waals surface area contributed by atoms with Gasteiger partial charge < -0.3 is 19.7 Å². The van der Waals surface area contributed by atoms with E-state index < -0.39 is 0 Å². The fourth-order valence-corrected chi connectivity index (χ4v) is 2.97. The molecular formula is C23H28N4O2. The number of anilines is 3. The highest BCUT2D eigenvalue weighted by Gasteiger charge is 2.12. The number of aromatic nitrogens is 2. The van der Waals surface area contributed by atoms with Crippen molar-refractivity contribution in [1.82, 2.24) is 9.97 Å². The topological polar surface area (TPSA) is 59.5 Å². The van der Waals surface area contributed by atoms with Crippen LogP contribution in [0.1, 0.15) is 19.8 Å². The van der Waals surface area contributed by atoms with Crippen LogP contribution in [0.2, 0.25) is 0 Å². The second-order valence-electron chi connectivity index (χ2n) is 6.77. The summed E-state index contributed by atoms with van der Waals surface area (Å²) in [4.78, 5) is 11.6.